The van der Waals surface area contributed by atoms with Gasteiger partial charge in [-0.15, -0.1) is 0 Å². The predicted molar refractivity (Wildman–Crippen MR) is 106 cm³/mol. The molecule has 2 aliphatic rings. The highest BCUT2D eigenvalue weighted by atomic mass is 16.1. The highest BCUT2D eigenvalue weighted by Gasteiger charge is 2.40. The third kappa shape index (κ3) is 3.63. The molecule has 1 aromatic heterocycles. The molecule has 2 aliphatic carbocycles. The van der Waals surface area contributed by atoms with Gasteiger partial charge in [-0.05, 0) is 49.7 Å². The second kappa shape index (κ2) is 7.43. The molecule has 2 bridgehead atoms. The van der Waals surface area contributed by atoms with Gasteiger partial charge in [-0.2, -0.15) is 5.10 Å². The first-order chi connectivity index (χ1) is 13.0. The van der Waals surface area contributed by atoms with Crippen molar-refractivity contribution >= 4 is 11.6 Å². The Morgan fingerprint density at radius 2 is 1.93 bits per heavy atom. The zero-order valence-corrected chi connectivity index (χ0v) is 16.1. The van der Waals surface area contributed by atoms with Gasteiger partial charge < -0.3 is 11.1 Å². The zero-order valence-electron chi connectivity index (χ0n) is 16.1. The second-order valence-corrected chi connectivity index (χ2v) is 8.43. The molecule has 2 saturated carbocycles. The molecule has 0 saturated heterocycles. The average Bonchev–Trinajstić information content (AvgIpc) is 3.12. The summed E-state index contributed by atoms with van der Waals surface area (Å²) >= 11 is 0. The van der Waals surface area contributed by atoms with Crippen molar-refractivity contribution in [1.82, 2.24) is 15.2 Å². The van der Waals surface area contributed by atoms with E-state index in [-0.39, 0.29) is 23.8 Å². The standard InChI is InChI=1S/C21H29N5O/c1-12(2)19-24-20(26-25-19)16-8-3-4-9-17(16)23-21(27)15-10-13-6-5-7-14(11-15)18(13)22/h3-4,8-9,12-15,18H,5-7,10-11,22H2,1-2H3,(H,23,27)(H,24,25,26). The molecule has 27 heavy (non-hydrogen) atoms. The van der Waals surface area contributed by atoms with Crippen LogP contribution in [0, 0.1) is 17.8 Å². The number of carbonyl (C=O) groups is 1. The molecule has 1 heterocycles. The Labute approximate surface area is 160 Å². The van der Waals surface area contributed by atoms with Crippen LogP contribution in [0.3, 0.4) is 0 Å². The van der Waals surface area contributed by atoms with Crippen LogP contribution in [0.1, 0.15) is 57.7 Å². The first kappa shape index (κ1) is 18.2. The number of carbonyl (C=O) groups excluding carboxylic acids is 1. The van der Waals surface area contributed by atoms with E-state index in [0.29, 0.717) is 17.7 Å². The van der Waals surface area contributed by atoms with Crippen LogP contribution in [-0.2, 0) is 4.79 Å². The number of hydrogen-bond acceptors (Lipinski definition) is 4. The van der Waals surface area contributed by atoms with Gasteiger partial charge in [-0.25, -0.2) is 4.98 Å². The number of aromatic amines is 1. The van der Waals surface area contributed by atoms with Gasteiger partial charge in [0.2, 0.25) is 5.91 Å². The van der Waals surface area contributed by atoms with Crippen molar-refractivity contribution in [2.24, 2.45) is 23.5 Å². The number of amides is 1. The van der Waals surface area contributed by atoms with E-state index in [9.17, 15) is 4.79 Å². The molecular weight excluding hydrogens is 338 g/mol. The molecule has 2 atom stereocenters. The van der Waals surface area contributed by atoms with E-state index in [1.165, 1.54) is 6.42 Å². The van der Waals surface area contributed by atoms with Crippen molar-refractivity contribution in [2.45, 2.75) is 57.9 Å². The number of nitrogens with one attached hydrogen (secondary N) is 2. The van der Waals surface area contributed by atoms with E-state index in [1.54, 1.807) is 0 Å². The number of aromatic nitrogens is 3. The van der Waals surface area contributed by atoms with Crippen molar-refractivity contribution in [2.75, 3.05) is 5.32 Å². The van der Waals surface area contributed by atoms with Gasteiger partial charge in [0, 0.05) is 23.4 Å². The molecule has 1 aromatic carbocycles. The average molecular weight is 367 g/mol. The molecule has 1 amide bonds. The lowest BCUT2D eigenvalue weighted by Crippen LogP contribution is -2.48. The number of H-pyrrole nitrogens is 1. The van der Waals surface area contributed by atoms with E-state index in [0.717, 1.165) is 42.8 Å². The second-order valence-electron chi connectivity index (χ2n) is 8.43. The molecule has 2 unspecified atom stereocenters. The highest BCUT2D eigenvalue weighted by molar-refractivity contribution is 5.96. The predicted octanol–water partition coefficient (Wildman–Crippen LogP) is 3.69. The fourth-order valence-corrected chi connectivity index (χ4v) is 4.68. The van der Waals surface area contributed by atoms with Crippen molar-refractivity contribution in [3.8, 4) is 11.4 Å². The SMILES string of the molecule is CC(C)c1nc(-c2ccccc2NC(=O)C2CC3CCCC(C2)C3N)n[nH]1. The zero-order chi connectivity index (χ0) is 19.0. The fourth-order valence-electron chi connectivity index (χ4n) is 4.68. The van der Waals surface area contributed by atoms with Crippen LogP contribution in [0.5, 0.6) is 0 Å². The largest absolute Gasteiger partial charge is 0.327 e. The number of para-hydroxylation sites is 1. The molecule has 6 heteroatoms. The van der Waals surface area contributed by atoms with Crippen molar-refractivity contribution in [1.29, 1.82) is 0 Å². The summed E-state index contributed by atoms with van der Waals surface area (Å²) in [7, 11) is 0. The number of benzene rings is 1. The highest BCUT2D eigenvalue weighted by Crippen LogP contribution is 2.42. The minimum Gasteiger partial charge on any atom is -0.327 e. The summed E-state index contributed by atoms with van der Waals surface area (Å²) in [6.45, 7) is 4.14. The third-order valence-electron chi connectivity index (χ3n) is 6.26. The molecule has 4 N–H and O–H groups in total. The van der Waals surface area contributed by atoms with Gasteiger partial charge in [-0.3, -0.25) is 9.89 Å². The molecular formula is C21H29N5O. The number of nitrogens with two attached hydrogens (primary N) is 1. The number of fused-ring (bicyclic) bond motifs is 2. The molecule has 0 radical (unpaired) electrons. The van der Waals surface area contributed by atoms with Crippen LogP contribution in [0.2, 0.25) is 0 Å². The van der Waals surface area contributed by atoms with E-state index < -0.39 is 0 Å². The normalized spacial score (nSPS) is 27.6. The van der Waals surface area contributed by atoms with Crippen molar-refractivity contribution < 1.29 is 4.79 Å². The van der Waals surface area contributed by atoms with E-state index in [1.807, 2.05) is 24.3 Å². The van der Waals surface area contributed by atoms with Crippen LogP contribution in [0.15, 0.2) is 24.3 Å². The number of nitrogens with zero attached hydrogens (tertiary/aromatic N) is 2. The smallest absolute Gasteiger partial charge is 0.227 e. The Bertz CT molecular complexity index is 800. The molecule has 2 fully saturated rings. The maximum Gasteiger partial charge on any atom is 0.227 e. The van der Waals surface area contributed by atoms with E-state index in [2.05, 4.69) is 34.3 Å². The quantitative estimate of drug-likeness (QED) is 0.768. The van der Waals surface area contributed by atoms with Gasteiger partial charge in [0.1, 0.15) is 5.82 Å². The Hall–Kier alpha value is -2.21. The van der Waals surface area contributed by atoms with E-state index in [4.69, 9.17) is 5.73 Å². The monoisotopic (exact) mass is 367 g/mol. The number of anilines is 1. The molecule has 4 rings (SSSR count). The summed E-state index contributed by atoms with van der Waals surface area (Å²) in [6, 6.07) is 8.03. The molecule has 144 valence electrons. The number of hydrogen-bond donors (Lipinski definition) is 3. The summed E-state index contributed by atoms with van der Waals surface area (Å²) in [5, 5.41) is 10.5. The van der Waals surface area contributed by atoms with Crippen molar-refractivity contribution in [3.63, 3.8) is 0 Å². The van der Waals surface area contributed by atoms with Crippen LogP contribution in [-0.4, -0.2) is 27.1 Å². The lowest BCUT2D eigenvalue weighted by molar-refractivity contribution is -0.122. The van der Waals surface area contributed by atoms with Gasteiger partial charge in [0.15, 0.2) is 5.82 Å². The van der Waals surface area contributed by atoms with Gasteiger partial charge in [0.25, 0.3) is 0 Å². The Morgan fingerprint density at radius 3 is 2.59 bits per heavy atom. The lowest BCUT2D eigenvalue weighted by Gasteiger charge is -2.43. The summed E-state index contributed by atoms with van der Waals surface area (Å²) in [6.07, 6.45) is 5.39. The maximum absolute atomic E-state index is 13.0. The third-order valence-corrected chi connectivity index (χ3v) is 6.26. The topological polar surface area (TPSA) is 96.7 Å². The molecule has 0 spiro atoms. The molecule has 0 aliphatic heterocycles. The van der Waals surface area contributed by atoms with Gasteiger partial charge in [-0.1, -0.05) is 32.4 Å². The Morgan fingerprint density at radius 1 is 1.22 bits per heavy atom. The molecule has 6 nitrogen and oxygen atoms in total. The Balaban J connectivity index is 1.52. The first-order valence-corrected chi connectivity index (χ1v) is 10.1. The Kier molecular flexibility index (Phi) is 5.00. The van der Waals surface area contributed by atoms with Gasteiger partial charge in [0.05, 0.1) is 5.69 Å². The van der Waals surface area contributed by atoms with E-state index >= 15 is 0 Å². The summed E-state index contributed by atoms with van der Waals surface area (Å²) in [4.78, 5) is 17.6. The summed E-state index contributed by atoms with van der Waals surface area (Å²) in [5.41, 5.74) is 8.00. The van der Waals surface area contributed by atoms with Crippen LogP contribution in [0.25, 0.3) is 11.4 Å². The number of rotatable bonds is 4. The molecule has 2 aromatic rings. The van der Waals surface area contributed by atoms with Crippen LogP contribution >= 0.6 is 0 Å². The first-order valence-electron chi connectivity index (χ1n) is 10.1. The summed E-state index contributed by atoms with van der Waals surface area (Å²) < 4.78 is 0. The van der Waals surface area contributed by atoms with Crippen LogP contribution in [0.4, 0.5) is 5.69 Å². The van der Waals surface area contributed by atoms with Crippen molar-refractivity contribution in [3.05, 3.63) is 30.1 Å². The van der Waals surface area contributed by atoms with Crippen LogP contribution < -0.4 is 11.1 Å². The minimum absolute atomic E-state index is 0.0477. The lowest BCUT2D eigenvalue weighted by atomic mass is 9.65. The summed E-state index contributed by atoms with van der Waals surface area (Å²) in [5.74, 6) is 2.88. The maximum atomic E-state index is 13.0. The van der Waals surface area contributed by atoms with Gasteiger partial charge >= 0.3 is 0 Å². The minimum atomic E-state index is 0.0477. The fraction of sp³-hybridized carbons (Fsp3) is 0.571.